The SMILES string of the molecule is CCCCCCCCCCCCSC(=S)SC(C)(C#N)CCC(=O)NCCN1C(=O)C=CC1O. The summed E-state index contributed by atoms with van der Waals surface area (Å²) >= 11 is 8.49. The number of amides is 2. The van der Waals surface area contributed by atoms with Gasteiger partial charge in [0.25, 0.3) is 0 Å². The molecule has 0 saturated heterocycles. The van der Waals surface area contributed by atoms with Crippen LogP contribution in [0.15, 0.2) is 12.2 Å². The molecule has 2 atom stereocenters. The Bertz CT molecular complexity index is 711. The third-order valence-electron chi connectivity index (χ3n) is 5.78. The number of aliphatic hydroxyl groups is 1. The predicted molar refractivity (Wildman–Crippen MR) is 148 cm³/mol. The second kappa shape index (κ2) is 18.2. The largest absolute Gasteiger partial charge is 0.370 e. The highest BCUT2D eigenvalue weighted by molar-refractivity contribution is 8.47. The monoisotopic (exact) mass is 527 g/mol. The molecule has 0 fully saturated rings. The maximum absolute atomic E-state index is 12.2. The van der Waals surface area contributed by atoms with Crippen LogP contribution < -0.4 is 5.32 Å². The first kappa shape index (κ1) is 31.0. The molecule has 0 aliphatic carbocycles. The summed E-state index contributed by atoms with van der Waals surface area (Å²) in [7, 11) is 0. The Morgan fingerprint density at radius 3 is 2.38 bits per heavy atom. The van der Waals surface area contributed by atoms with E-state index in [1.807, 2.05) is 6.92 Å². The van der Waals surface area contributed by atoms with E-state index >= 15 is 0 Å². The number of thiocarbonyl (C=S) groups is 1. The van der Waals surface area contributed by atoms with Gasteiger partial charge in [-0.2, -0.15) is 5.26 Å². The Kier molecular flexibility index (Phi) is 16.6. The highest BCUT2D eigenvalue weighted by Crippen LogP contribution is 2.34. The van der Waals surface area contributed by atoms with E-state index in [0.717, 1.165) is 15.7 Å². The van der Waals surface area contributed by atoms with Crippen molar-refractivity contribution < 1.29 is 14.7 Å². The lowest BCUT2D eigenvalue weighted by Crippen LogP contribution is -2.40. The van der Waals surface area contributed by atoms with Gasteiger partial charge in [0.2, 0.25) is 11.8 Å². The molecule has 0 saturated carbocycles. The Morgan fingerprint density at radius 2 is 1.82 bits per heavy atom. The van der Waals surface area contributed by atoms with Crippen LogP contribution >= 0.6 is 35.7 Å². The van der Waals surface area contributed by atoms with E-state index in [0.29, 0.717) is 6.42 Å². The molecule has 2 amide bonds. The Hall–Kier alpha value is -1.08. The molecule has 6 nitrogen and oxygen atoms in total. The maximum atomic E-state index is 12.2. The lowest BCUT2D eigenvalue weighted by molar-refractivity contribution is -0.131. The van der Waals surface area contributed by atoms with Gasteiger partial charge in [0.1, 0.15) is 14.5 Å². The van der Waals surface area contributed by atoms with Crippen molar-refractivity contribution in [2.75, 3.05) is 18.8 Å². The zero-order valence-corrected chi connectivity index (χ0v) is 23.2. The van der Waals surface area contributed by atoms with Gasteiger partial charge >= 0.3 is 0 Å². The molecule has 9 heteroatoms. The van der Waals surface area contributed by atoms with Gasteiger partial charge in [-0.15, -0.1) is 11.8 Å². The molecule has 0 aromatic rings. The third-order valence-corrected chi connectivity index (χ3v) is 8.63. The molecular formula is C25H41N3O3S3. The fourth-order valence-electron chi connectivity index (χ4n) is 3.59. The minimum Gasteiger partial charge on any atom is -0.370 e. The lowest BCUT2D eigenvalue weighted by atomic mass is 10.1. The van der Waals surface area contributed by atoms with Gasteiger partial charge in [0.05, 0.1) is 6.07 Å². The topological polar surface area (TPSA) is 93.4 Å². The molecule has 2 N–H and O–H groups in total. The van der Waals surface area contributed by atoms with Crippen molar-refractivity contribution in [2.45, 2.75) is 102 Å². The first-order valence-corrected chi connectivity index (χ1v) is 14.7. The van der Waals surface area contributed by atoms with Gasteiger partial charge < -0.3 is 15.3 Å². The van der Waals surface area contributed by atoms with Crippen LogP contribution in [-0.2, 0) is 9.59 Å². The number of nitrogens with zero attached hydrogens (tertiary/aromatic N) is 2. The van der Waals surface area contributed by atoms with Crippen LogP contribution in [0, 0.1) is 11.3 Å². The Balaban J connectivity index is 2.11. The molecule has 0 radical (unpaired) electrons. The van der Waals surface area contributed by atoms with Crippen LogP contribution in [-0.4, -0.2) is 55.2 Å². The number of hydrogen-bond donors (Lipinski definition) is 2. The van der Waals surface area contributed by atoms with Crippen LogP contribution in [0.4, 0.5) is 0 Å². The number of rotatable bonds is 18. The first-order chi connectivity index (χ1) is 16.3. The van der Waals surface area contributed by atoms with E-state index < -0.39 is 11.0 Å². The molecule has 0 bridgehead atoms. The average Bonchev–Trinajstić information content (AvgIpc) is 3.13. The van der Waals surface area contributed by atoms with Crippen molar-refractivity contribution in [3.8, 4) is 6.07 Å². The van der Waals surface area contributed by atoms with Crippen molar-refractivity contribution in [1.29, 1.82) is 5.26 Å². The van der Waals surface area contributed by atoms with Crippen molar-refractivity contribution in [3.63, 3.8) is 0 Å². The summed E-state index contributed by atoms with van der Waals surface area (Å²) in [5.74, 6) is 0.527. The maximum Gasteiger partial charge on any atom is 0.248 e. The third kappa shape index (κ3) is 13.7. The fourth-order valence-corrected chi connectivity index (χ4v) is 6.56. The van der Waals surface area contributed by atoms with E-state index in [-0.39, 0.29) is 31.3 Å². The number of unbranched alkanes of at least 4 members (excludes halogenated alkanes) is 9. The fraction of sp³-hybridized carbons (Fsp3) is 0.760. The minimum atomic E-state index is -0.929. The van der Waals surface area contributed by atoms with E-state index in [1.54, 1.807) is 11.8 Å². The summed E-state index contributed by atoms with van der Waals surface area (Å²) in [6, 6.07) is 2.31. The standard InChI is InChI=1S/C25H41N3O3S3/c1-3-4-5-6-7-8-9-10-11-12-19-33-24(32)34-25(2,20-26)16-15-21(29)27-17-18-28-22(30)13-14-23(28)31/h13-14,22,30H,3-12,15-19H2,1-2H3,(H,27,29). The van der Waals surface area contributed by atoms with Gasteiger partial charge in [0.15, 0.2) is 0 Å². The van der Waals surface area contributed by atoms with E-state index in [2.05, 4.69) is 18.3 Å². The Labute approximate surface area is 219 Å². The summed E-state index contributed by atoms with van der Waals surface area (Å²) in [5, 5.41) is 22.0. The molecule has 0 spiro atoms. The van der Waals surface area contributed by atoms with Crippen LogP contribution in [0.25, 0.3) is 0 Å². The number of thioether (sulfide) groups is 2. The molecule has 34 heavy (non-hydrogen) atoms. The summed E-state index contributed by atoms with van der Waals surface area (Å²) in [5.41, 5.74) is 0. The summed E-state index contributed by atoms with van der Waals surface area (Å²) in [6.07, 6.45) is 15.5. The summed E-state index contributed by atoms with van der Waals surface area (Å²) in [6.45, 7) is 4.57. The molecule has 1 heterocycles. The quantitative estimate of drug-likeness (QED) is 0.178. The van der Waals surface area contributed by atoms with Gasteiger partial charge in [-0.25, -0.2) is 0 Å². The number of hydrogen-bond acceptors (Lipinski definition) is 7. The number of nitriles is 1. The van der Waals surface area contributed by atoms with Crippen LogP contribution in [0.3, 0.4) is 0 Å². The van der Waals surface area contributed by atoms with Gasteiger partial charge in [0, 0.05) is 25.6 Å². The zero-order valence-electron chi connectivity index (χ0n) is 20.7. The van der Waals surface area contributed by atoms with E-state index in [4.69, 9.17) is 12.2 Å². The van der Waals surface area contributed by atoms with Crippen molar-refractivity contribution in [1.82, 2.24) is 10.2 Å². The normalized spacial score (nSPS) is 16.9. The molecule has 0 aromatic carbocycles. The van der Waals surface area contributed by atoms with Gasteiger partial charge in [-0.3, -0.25) is 9.59 Å². The number of aliphatic hydroxyl groups excluding tert-OH is 1. The van der Waals surface area contributed by atoms with Crippen LogP contribution in [0.1, 0.15) is 90.9 Å². The van der Waals surface area contributed by atoms with Crippen LogP contribution in [0.2, 0.25) is 0 Å². The minimum absolute atomic E-state index is 0.180. The number of carbonyl (C=O) groups excluding carboxylic acids is 2. The van der Waals surface area contributed by atoms with E-state index in [1.165, 1.54) is 86.6 Å². The van der Waals surface area contributed by atoms with Crippen molar-refractivity contribution >= 4 is 51.1 Å². The number of nitrogens with one attached hydrogen (secondary N) is 1. The van der Waals surface area contributed by atoms with Gasteiger partial charge in [-0.05, 0) is 31.6 Å². The molecule has 1 aliphatic rings. The molecule has 0 aromatic heterocycles. The highest BCUT2D eigenvalue weighted by atomic mass is 32.2. The molecule has 2 unspecified atom stereocenters. The number of carbonyl (C=O) groups is 2. The summed E-state index contributed by atoms with van der Waals surface area (Å²) < 4.78 is 0.0129. The van der Waals surface area contributed by atoms with E-state index in [9.17, 15) is 20.0 Å². The smallest absolute Gasteiger partial charge is 0.248 e. The summed E-state index contributed by atoms with van der Waals surface area (Å²) in [4.78, 5) is 25.0. The predicted octanol–water partition coefficient (Wildman–Crippen LogP) is 5.55. The lowest BCUT2D eigenvalue weighted by Gasteiger charge is -2.22. The average molecular weight is 528 g/mol. The molecule has 1 aliphatic heterocycles. The van der Waals surface area contributed by atoms with Gasteiger partial charge in [-0.1, -0.05) is 88.7 Å². The van der Waals surface area contributed by atoms with Crippen molar-refractivity contribution in [2.24, 2.45) is 0 Å². The zero-order chi connectivity index (χ0) is 25.2. The Morgan fingerprint density at radius 1 is 1.21 bits per heavy atom. The second-order valence-electron chi connectivity index (χ2n) is 8.88. The second-order valence-corrected chi connectivity index (χ2v) is 12.7. The first-order valence-electron chi connectivity index (χ1n) is 12.5. The molecule has 1 rings (SSSR count). The van der Waals surface area contributed by atoms with Crippen molar-refractivity contribution in [3.05, 3.63) is 12.2 Å². The molecular weight excluding hydrogens is 486 g/mol. The highest BCUT2D eigenvalue weighted by Gasteiger charge is 2.28. The van der Waals surface area contributed by atoms with Crippen LogP contribution in [0.5, 0.6) is 0 Å². The molecule has 192 valence electrons.